The lowest BCUT2D eigenvalue weighted by Crippen LogP contribution is -2.48. The second-order valence-corrected chi connectivity index (χ2v) is 12.3. The number of hydrogen-bond acceptors (Lipinski definition) is 7. The largest absolute Gasteiger partial charge is 0.393 e. The first-order chi connectivity index (χ1) is 20.3. The molecular formula is C31H43ClF3N7O. The first-order valence-electron chi connectivity index (χ1n) is 15.4. The topological polar surface area (TPSA) is 81.5 Å². The number of nitrogens with zero attached hydrogens (tertiary/aromatic N) is 5. The van der Waals surface area contributed by atoms with Gasteiger partial charge in [0.15, 0.2) is 0 Å². The highest BCUT2D eigenvalue weighted by Gasteiger charge is 2.27. The zero-order valence-corrected chi connectivity index (χ0v) is 25.3. The van der Waals surface area contributed by atoms with Crippen LogP contribution in [-0.2, 0) is 6.54 Å². The molecule has 3 aromatic rings. The number of aliphatic hydroxyl groups excluding tert-OH is 1. The number of aliphatic hydroxyl groups is 1. The summed E-state index contributed by atoms with van der Waals surface area (Å²) in [6.07, 6.45) is 2.77. The van der Waals surface area contributed by atoms with Gasteiger partial charge in [0.1, 0.15) is 5.65 Å². The first kappa shape index (κ1) is 32.0. The zero-order valence-electron chi connectivity index (χ0n) is 24.5. The van der Waals surface area contributed by atoms with E-state index in [0.29, 0.717) is 5.65 Å². The summed E-state index contributed by atoms with van der Waals surface area (Å²) in [5.74, 6) is 1.06. The molecule has 0 bridgehead atoms. The molecule has 0 unspecified atom stereocenters. The van der Waals surface area contributed by atoms with Crippen LogP contribution in [0, 0.1) is 5.92 Å². The Labute approximate surface area is 257 Å². The molecule has 236 valence electrons. The lowest BCUT2D eigenvalue weighted by Gasteiger charge is -2.36. The maximum absolute atomic E-state index is 12.7. The van der Waals surface area contributed by atoms with Crippen molar-refractivity contribution in [2.75, 3.05) is 57.7 Å². The second-order valence-electron chi connectivity index (χ2n) is 12.3. The van der Waals surface area contributed by atoms with Crippen LogP contribution in [-0.4, -0.2) is 94.1 Å². The predicted molar refractivity (Wildman–Crippen MR) is 166 cm³/mol. The third-order valence-electron chi connectivity index (χ3n) is 9.18. The van der Waals surface area contributed by atoms with Crippen molar-refractivity contribution in [3.8, 4) is 11.1 Å². The lowest BCUT2D eigenvalue weighted by atomic mass is 9.93. The molecule has 1 aromatic carbocycles. The van der Waals surface area contributed by atoms with Crippen LogP contribution in [0.5, 0.6) is 0 Å². The molecule has 3 fully saturated rings. The summed E-state index contributed by atoms with van der Waals surface area (Å²) in [5.41, 5.74) is 4.08. The van der Waals surface area contributed by atoms with E-state index in [9.17, 15) is 18.3 Å². The van der Waals surface area contributed by atoms with Gasteiger partial charge in [-0.15, -0.1) is 12.4 Å². The van der Waals surface area contributed by atoms with Crippen LogP contribution in [0.4, 0.5) is 19.1 Å². The van der Waals surface area contributed by atoms with E-state index in [2.05, 4.69) is 65.4 Å². The Kier molecular flexibility index (Phi) is 10.5. The van der Waals surface area contributed by atoms with E-state index in [1.807, 2.05) is 0 Å². The minimum Gasteiger partial charge on any atom is -0.393 e. The number of rotatable bonds is 10. The third kappa shape index (κ3) is 8.19. The molecule has 1 saturated carbocycles. The van der Waals surface area contributed by atoms with Crippen molar-refractivity contribution in [2.45, 2.75) is 63.4 Å². The van der Waals surface area contributed by atoms with Gasteiger partial charge in [-0.1, -0.05) is 24.3 Å². The number of halogens is 4. The second kappa shape index (κ2) is 14.1. The summed E-state index contributed by atoms with van der Waals surface area (Å²) >= 11 is 0. The van der Waals surface area contributed by atoms with Gasteiger partial charge in [0, 0.05) is 68.7 Å². The minimum atomic E-state index is -4.24. The van der Waals surface area contributed by atoms with E-state index in [-0.39, 0.29) is 37.0 Å². The van der Waals surface area contributed by atoms with E-state index >= 15 is 0 Å². The summed E-state index contributed by atoms with van der Waals surface area (Å²) in [5, 5.41) is 17.0. The first-order valence-corrected chi connectivity index (χ1v) is 15.4. The normalized spacial score (nSPS) is 22.3. The maximum atomic E-state index is 12.7. The summed E-state index contributed by atoms with van der Waals surface area (Å²) < 4.78 is 40.2. The van der Waals surface area contributed by atoms with Gasteiger partial charge in [-0.3, -0.25) is 4.90 Å². The van der Waals surface area contributed by atoms with E-state index in [0.717, 1.165) is 80.8 Å². The highest BCUT2D eigenvalue weighted by atomic mass is 35.5. The van der Waals surface area contributed by atoms with Gasteiger partial charge in [0.05, 0.1) is 12.5 Å². The minimum absolute atomic E-state index is 0. The molecule has 2 aromatic heterocycles. The van der Waals surface area contributed by atoms with Gasteiger partial charge in [0.25, 0.3) is 0 Å². The number of fused-ring (bicyclic) bond motifs is 1. The van der Waals surface area contributed by atoms with Crippen molar-refractivity contribution >= 4 is 29.4 Å². The number of piperazine rings is 1. The summed E-state index contributed by atoms with van der Waals surface area (Å²) in [7, 11) is 0. The van der Waals surface area contributed by atoms with Crippen molar-refractivity contribution in [1.82, 2.24) is 29.7 Å². The molecule has 8 nitrogen and oxygen atoms in total. The van der Waals surface area contributed by atoms with E-state index in [4.69, 9.17) is 0 Å². The van der Waals surface area contributed by atoms with Crippen LogP contribution in [0.2, 0.25) is 0 Å². The van der Waals surface area contributed by atoms with Crippen LogP contribution in [0.15, 0.2) is 36.7 Å². The zero-order chi connectivity index (χ0) is 29.1. The maximum Gasteiger partial charge on any atom is 0.390 e. The highest BCUT2D eigenvalue weighted by Crippen LogP contribution is 2.37. The van der Waals surface area contributed by atoms with Gasteiger partial charge >= 0.3 is 6.18 Å². The monoisotopic (exact) mass is 621 g/mol. The molecule has 2 aliphatic heterocycles. The van der Waals surface area contributed by atoms with Crippen molar-refractivity contribution in [1.29, 1.82) is 0 Å². The third-order valence-corrected chi connectivity index (χ3v) is 9.18. The van der Waals surface area contributed by atoms with Crippen molar-refractivity contribution in [2.24, 2.45) is 5.92 Å². The predicted octanol–water partition coefficient (Wildman–Crippen LogP) is 5.09. The molecular weight excluding hydrogens is 579 g/mol. The molecule has 3 aliphatic rings. The summed E-state index contributed by atoms with van der Waals surface area (Å²) in [6.45, 7) is 8.66. The average Bonchev–Trinajstić information content (AvgIpc) is 3.32. The number of hydrogen-bond donors (Lipinski definition) is 3. The van der Waals surface area contributed by atoms with Crippen molar-refractivity contribution in [3.05, 3.63) is 42.2 Å². The van der Waals surface area contributed by atoms with Crippen LogP contribution >= 0.6 is 12.4 Å². The Morgan fingerprint density at radius 2 is 1.67 bits per heavy atom. The Morgan fingerprint density at radius 3 is 2.33 bits per heavy atom. The molecule has 1 aliphatic carbocycles. The molecule has 6 rings (SSSR count). The molecule has 3 N–H and O–H groups in total. The van der Waals surface area contributed by atoms with Crippen LogP contribution < -0.4 is 10.6 Å². The number of aromatic nitrogens is 3. The Balaban J connectivity index is 0.00000368. The van der Waals surface area contributed by atoms with Gasteiger partial charge in [0.2, 0.25) is 5.95 Å². The number of anilines is 1. The fourth-order valence-corrected chi connectivity index (χ4v) is 6.41. The van der Waals surface area contributed by atoms with E-state index < -0.39 is 12.6 Å². The van der Waals surface area contributed by atoms with Gasteiger partial charge in [-0.25, -0.2) is 4.98 Å². The van der Waals surface area contributed by atoms with E-state index in [1.54, 1.807) is 6.20 Å². The summed E-state index contributed by atoms with van der Waals surface area (Å²) in [4.78, 5) is 14.1. The van der Waals surface area contributed by atoms with E-state index in [1.165, 1.54) is 31.6 Å². The fourth-order valence-electron chi connectivity index (χ4n) is 6.41. The lowest BCUT2D eigenvalue weighted by molar-refractivity contribution is -0.131. The van der Waals surface area contributed by atoms with Gasteiger partial charge in [-0.2, -0.15) is 18.2 Å². The molecule has 0 radical (unpaired) electrons. The molecule has 12 heteroatoms. The number of nitrogens with one attached hydrogen (secondary N) is 2. The van der Waals surface area contributed by atoms with Gasteiger partial charge in [-0.05, 0) is 68.8 Å². The average molecular weight is 622 g/mol. The SMILES string of the molecule is Cl.OC1CCC(n2cc(-c3ccc(CN4CCN(CCC5CNC5)CC4)cc3)c3cnc(NCCC(F)(F)F)nc32)CC1. The molecule has 0 atom stereocenters. The van der Waals surface area contributed by atoms with Crippen LogP contribution in [0.1, 0.15) is 50.1 Å². The van der Waals surface area contributed by atoms with Gasteiger partial charge < -0.3 is 25.2 Å². The Morgan fingerprint density at radius 1 is 0.977 bits per heavy atom. The number of benzene rings is 1. The smallest absolute Gasteiger partial charge is 0.390 e. The Hall–Kier alpha value is -2.44. The summed E-state index contributed by atoms with van der Waals surface area (Å²) in [6, 6.07) is 8.86. The standard InChI is InChI=1S/C31H42F3N7O.ClH/c32-31(33,34)10-11-36-30-37-19-27-28(21-41(29(27)38-30)25-5-7-26(42)8-6-25)24-3-1-22(2-4-24)20-40-15-13-39(14-16-40)12-9-23-17-35-18-23;/h1-4,19,21,23,25-26,35,42H,5-18,20H2,(H,36,37,38);1H. The Bertz CT molecular complexity index is 1320. The number of alkyl halides is 3. The van der Waals surface area contributed by atoms with Crippen molar-refractivity contribution < 1.29 is 18.3 Å². The molecule has 4 heterocycles. The van der Waals surface area contributed by atoms with Crippen LogP contribution in [0.3, 0.4) is 0 Å². The van der Waals surface area contributed by atoms with Crippen LogP contribution in [0.25, 0.3) is 22.2 Å². The molecule has 0 amide bonds. The highest BCUT2D eigenvalue weighted by molar-refractivity contribution is 5.94. The van der Waals surface area contributed by atoms with Crippen molar-refractivity contribution in [3.63, 3.8) is 0 Å². The molecule has 2 saturated heterocycles. The fraction of sp³-hybridized carbons (Fsp3) is 0.613. The quantitative estimate of drug-likeness (QED) is 0.291. The molecule has 43 heavy (non-hydrogen) atoms. The molecule has 0 spiro atoms.